The first-order valence-electron chi connectivity index (χ1n) is 8.78. The standard InChI is InChI=1S/C20H20N8/c1-27-11-5-7-15(27)13-21-23-19-17-9-3-4-10-18(17)20(26-25-19)24-22-14-16-8-6-12-28(16)2/h3-14H,1-2H3,(H,23,25)(H,24,26)/b21-13-,22-14-. The molecule has 0 spiro atoms. The van der Waals surface area contributed by atoms with E-state index < -0.39 is 0 Å². The van der Waals surface area contributed by atoms with Crippen LogP contribution in [-0.4, -0.2) is 31.8 Å². The molecule has 140 valence electrons. The summed E-state index contributed by atoms with van der Waals surface area (Å²) in [6.07, 6.45) is 7.42. The Morgan fingerprint density at radius 3 is 1.57 bits per heavy atom. The molecule has 3 aromatic heterocycles. The number of aryl methyl sites for hydroxylation is 2. The molecule has 8 nitrogen and oxygen atoms in total. The van der Waals surface area contributed by atoms with Crippen molar-refractivity contribution in [2.75, 3.05) is 10.9 Å². The second kappa shape index (κ2) is 7.75. The number of nitrogens with zero attached hydrogens (tertiary/aromatic N) is 6. The molecule has 0 radical (unpaired) electrons. The Hall–Kier alpha value is -3.94. The van der Waals surface area contributed by atoms with Crippen LogP contribution in [-0.2, 0) is 14.1 Å². The lowest BCUT2D eigenvalue weighted by molar-refractivity contribution is 0.917. The Balaban J connectivity index is 1.56. The lowest BCUT2D eigenvalue weighted by Crippen LogP contribution is -2.02. The van der Waals surface area contributed by atoms with Crippen molar-refractivity contribution in [1.82, 2.24) is 19.3 Å². The fourth-order valence-corrected chi connectivity index (χ4v) is 2.81. The smallest absolute Gasteiger partial charge is 0.176 e. The quantitative estimate of drug-likeness (QED) is 0.402. The number of hydrazone groups is 2. The van der Waals surface area contributed by atoms with Gasteiger partial charge in [0.1, 0.15) is 0 Å². The van der Waals surface area contributed by atoms with E-state index in [9.17, 15) is 0 Å². The predicted molar refractivity (Wildman–Crippen MR) is 113 cm³/mol. The zero-order valence-electron chi connectivity index (χ0n) is 15.6. The van der Waals surface area contributed by atoms with Gasteiger partial charge in [-0.3, -0.25) is 10.9 Å². The minimum atomic E-state index is 0.582. The van der Waals surface area contributed by atoms with Crippen molar-refractivity contribution in [3.05, 3.63) is 72.3 Å². The summed E-state index contributed by atoms with van der Waals surface area (Å²) in [6.45, 7) is 0. The third kappa shape index (κ3) is 3.61. The van der Waals surface area contributed by atoms with E-state index in [2.05, 4.69) is 31.3 Å². The SMILES string of the molecule is Cn1cccc1/C=N\Nc1nnc(N/N=C\c2cccn2C)c2ccccc12. The molecule has 0 fully saturated rings. The fraction of sp³-hybridized carbons (Fsp3) is 0.100. The molecular formula is C20H20N8. The Morgan fingerprint density at radius 2 is 1.18 bits per heavy atom. The summed E-state index contributed by atoms with van der Waals surface area (Å²) in [5.41, 5.74) is 7.93. The summed E-state index contributed by atoms with van der Waals surface area (Å²) in [6, 6.07) is 15.7. The highest BCUT2D eigenvalue weighted by molar-refractivity contribution is 5.98. The van der Waals surface area contributed by atoms with E-state index in [1.54, 1.807) is 12.4 Å². The zero-order chi connectivity index (χ0) is 19.3. The summed E-state index contributed by atoms with van der Waals surface area (Å²) in [7, 11) is 3.93. The fourth-order valence-electron chi connectivity index (χ4n) is 2.81. The van der Waals surface area contributed by atoms with Gasteiger partial charge in [-0.15, -0.1) is 10.2 Å². The minimum absolute atomic E-state index is 0.582. The second-order valence-electron chi connectivity index (χ2n) is 6.27. The van der Waals surface area contributed by atoms with Crippen molar-refractivity contribution in [2.24, 2.45) is 24.3 Å². The zero-order valence-corrected chi connectivity index (χ0v) is 15.6. The Morgan fingerprint density at radius 1 is 0.714 bits per heavy atom. The van der Waals surface area contributed by atoms with Crippen LogP contribution in [0, 0.1) is 0 Å². The van der Waals surface area contributed by atoms with Crippen LogP contribution in [0.3, 0.4) is 0 Å². The normalized spacial score (nSPS) is 11.6. The Kier molecular flexibility index (Phi) is 4.83. The van der Waals surface area contributed by atoms with Crippen LogP contribution in [0.25, 0.3) is 10.8 Å². The van der Waals surface area contributed by atoms with Crippen LogP contribution in [0.4, 0.5) is 11.6 Å². The van der Waals surface area contributed by atoms with Gasteiger partial charge >= 0.3 is 0 Å². The molecule has 0 aliphatic rings. The van der Waals surface area contributed by atoms with Gasteiger partial charge in [-0.1, -0.05) is 24.3 Å². The molecular weight excluding hydrogens is 352 g/mol. The topological polar surface area (TPSA) is 84.4 Å². The maximum atomic E-state index is 4.28. The van der Waals surface area contributed by atoms with E-state index in [4.69, 9.17) is 0 Å². The number of fused-ring (bicyclic) bond motifs is 1. The van der Waals surface area contributed by atoms with Gasteiger partial charge in [0.2, 0.25) is 0 Å². The first-order chi connectivity index (χ1) is 13.7. The molecule has 0 aliphatic heterocycles. The highest BCUT2D eigenvalue weighted by Gasteiger charge is 2.08. The van der Waals surface area contributed by atoms with Crippen molar-refractivity contribution in [3.63, 3.8) is 0 Å². The van der Waals surface area contributed by atoms with Gasteiger partial charge in [0.25, 0.3) is 0 Å². The molecule has 3 heterocycles. The van der Waals surface area contributed by atoms with Crippen LogP contribution in [0.15, 0.2) is 71.1 Å². The van der Waals surface area contributed by atoms with Crippen LogP contribution in [0.1, 0.15) is 11.4 Å². The highest BCUT2D eigenvalue weighted by atomic mass is 15.4. The van der Waals surface area contributed by atoms with Gasteiger partial charge in [-0.05, 0) is 24.3 Å². The largest absolute Gasteiger partial charge is 0.350 e. The first kappa shape index (κ1) is 17.5. The molecule has 0 saturated heterocycles. The van der Waals surface area contributed by atoms with Crippen LogP contribution >= 0.6 is 0 Å². The molecule has 1 aromatic carbocycles. The predicted octanol–water partition coefficient (Wildman–Crippen LogP) is 3.20. The number of aromatic nitrogens is 4. The lowest BCUT2D eigenvalue weighted by Gasteiger charge is -2.08. The van der Waals surface area contributed by atoms with Gasteiger partial charge in [0, 0.05) is 37.3 Å². The average Bonchev–Trinajstić information content (AvgIpc) is 3.31. The van der Waals surface area contributed by atoms with Crippen molar-refractivity contribution in [3.8, 4) is 0 Å². The maximum Gasteiger partial charge on any atom is 0.176 e. The third-order valence-corrected chi connectivity index (χ3v) is 4.39. The van der Waals surface area contributed by atoms with Crippen molar-refractivity contribution >= 4 is 34.8 Å². The molecule has 0 bridgehead atoms. The molecule has 0 saturated carbocycles. The van der Waals surface area contributed by atoms with E-state index >= 15 is 0 Å². The van der Waals surface area contributed by atoms with Crippen molar-refractivity contribution < 1.29 is 0 Å². The number of benzene rings is 1. The molecule has 0 atom stereocenters. The molecule has 0 aliphatic carbocycles. The number of hydrogen-bond donors (Lipinski definition) is 2. The lowest BCUT2D eigenvalue weighted by atomic mass is 10.2. The highest BCUT2D eigenvalue weighted by Crippen LogP contribution is 2.25. The van der Waals surface area contributed by atoms with Crippen molar-refractivity contribution in [2.45, 2.75) is 0 Å². The molecule has 28 heavy (non-hydrogen) atoms. The van der Waals surface area contributed by atoms with Gasteiger partial charge in [-0.2, -0.15) is 10.2 Å². The average molecular weight is 372 g/mol. The Bertz CT molecular complexity index is 1060. The summed E-state index contributed by atoms with van der Waals surface area (Å²) in [5.74, 6) is 1.16. The van der Waals surface area contributed by atoms with Crippen molar-refractivity contribution in [1.29, 1.82) is 0 Å². The number of anilines is 2. The van der Waals surface area contributed by atoms with Crippen LogP contribution < -0.4 is 10.9 Å². The van der Waals surface area contributed by atoms with E-state index in [1.165, 1.54) is 0 Å². The molecule has 4 aromatic rings. The molecule has 0 unspecified atom stereocenters. The van der Waals surface area contributed by atoms with E-state index in [0.29, 0.717) is 11.6 Å². The summed E-state index contributed by atoms with van der Waals surface area (Å²) in [5, 5.41) is 18.9. The second-order valence-corrected chi connectivity index (χ2v) is 6.27. The summed E-state index contributed by atoms with van der Waals surface area (Å²) >= 11 is 0. The maximum absolute atomic E-state index is 4.28. The monoisotopic (exact) mass is 372 g/mol. The van der Waals surface area contributed by atoms with Crippen LogP contribution in [0.5, 0.6) is 0 Å². The molecule has 0 amide bonds. The van der Waals surface area contributed by atoms with E-state index in [1.807, 2.05) is 84.2 Å². The van der Waals surface area contributed by atoms with E-state index in [0.717, 1.165) is 22.2 Å². The first-order valence-corrected chi connectivity index (χ1v) is 8.78. The van der Waals surface area contributed by atoms with Gasteiger partial charge < -0.3 is 9.13 Å². The molecule has 8 heteroatoms. The molecule has 4 rings (SSSR count). The summed E-state index contributed by atoms with van der Waals surface area (Å²) < 4.78 is 3.96. The van der Waals surface area contributed by atoms with Gasteiger partial charge in [-0.25, -0.2) is 0 Å². The minimum Gasteiger partial charge on any atom is -0.350 e. The van der Waals surface area contributed by atoms with Gasteiger partial charge in [0.05, 0.1) is 23.8 Å². The van der Waals surface area contributed by atoms with Gasteiger partial charge in [0.15, 0.2) is 11.6 Å². The van der Waals surface area contributed by atoms with E-state index in [-0.39, 0.29) is 0 Å². The number of hydrogen-bond acceptors (Lipinski definition) is 6. The molecule has 2 N–H and O–H groups in total. The third-order valence-electron chi connectivity index (χ3n) is 4.39. The number of nitrogens with one attached hydrogen (secondary N) is 2. The summed E-state index contributed by atoms with van der Waals surface area (Å²) in [4.78, 5) is 0. The van der Waals surface area contributed by atoms with Crippen LogP contribution in [0.2, 0.25) is 0 Å². The Labute approximate surface area is 162 Å². The number of rotatable bonds is 6.